The van der Waals surface area contributed by atoms with Gasteiger partial charge >= 0.3 is 0 Å². The molecule has 0 aliphatic heterocycles. The summed E-state index contributed by atoms with van der Waals surface area (Å²) in [5, 5.41) is 0. The Kier molecular flexibility index (Phi) is 3.10. The van der Waals surface area contributed by atoms with Crippen molar-refractivity contribution in [2.45, 2.75) is 13.3 Å². The number of nitrogens with one attached hydrogen (secondary N) is 1. The fraction of sp³-hybridized carbons (Fsp3) is 0.600. The van der Waals surface area contributed by atoms with Gasteiger partial charge in [0, 0.05) is 12.5 Å². The Bertz CT molecular complexity index is 219. The molecule has 0 amide bonds. The first-order chi connectivity index (χ1) is 4.06. The molecule has 0 aliphatic carbocycles. The van der Waals surface area contributed by atoms with E-state index in [9.17, 15) is 8.42 Å². The van der Waals surface area contributed by atoms with E-state index >= 15 is 0 Å². The Morgan fingerprint density at radius 3 is 2.44 bits per heavy atom. The molecule has 0 saturated heterocycles. The third-order valence-corrected chi connectivity index (χ3v) is 0.974. The lowest BCUT2D eigenvalue weighted by atomic mass is 10.5. The molecular formula is C5H9NO2S. The van der Waals surface area contributed by atoms with E-state index in [1.807, 2.05) is 11.6 Å². The predicted molar refractivity (Wildman–Crippen MR) is 36.0 cm³/mol. The van der Waals surface area contributed by atoms with Gasteiger partial charge in [-0.1, -0.05) is 12.8 Å². The Labute approximate surface area is 55.5 Å². The zero-order chi connectivity index (χ0) is 7.33. The summed E-state index contributed by atoms with van der Waals surface area (Å²) in [6.07, 6.45) is 1.72. The van der Waals surface area contributed by atoms with E-state index in [1.54, 1.807) is 0 Å². The average Bonchev–Trinajstić information content (AvgIpc) is 1.63. The van der Waals surface area contributed by atoms with Crippen molar-refractivity contribution in [1.29, 1.82) is 0 Å². The van der Waals surface area contributed by atoms with E-state index in [2.05, 4.69) is 12.0 Å². The minimum atomic E-state index is -3.12. The molecule has 0 aliphatic rings. The van der Waals surface area contributed by atoms with Crippen LogP contribution in [0.5, 0.6) is 0 Å². The standard InChI is InChI=1S/C5H9NO2S/c1-3-4-5-6-9(2,7)8/h6H,3H2,1-2H3. The monoisotopic (exact) mass is 147 g/mol. The number of sulfonamides is 1. The maximum atomic E-state index is 10.3. The van der Waals surface area contributed by atoms with Gasteiger partial charge in [0.05, 0.1) is 6.26 Å². The zero-order valence-electron chi connectivity index (χ0n) is 5.43. The molecule has 0 rings (SSSR count). The molecule has 0 spiro atoms. The lowest BCUT2D eigenvalue weighted by molar-refractivity contribution is 0.597. The molecule has 0 aromatic rings. The molecule has 9 heavy (non-hydrogen) atoms. The Balaban J connectivity index is 3.79. The lowest BCUT2D eigenvalue weighted by Crippen LogP contribution is -2.15. The minimum Gasteiger partial charge on any atom is -0.242 e. The average molecular weight is 147 g/mol. The number of hydrogen-bond acceptors (Lipinski definition) is 2. The van der Waals surface area contributed by atoms with Crippen molar-refractivity contribution >= 4 is 10.0 Å². The van der Waals surface area contributed by atoms with Crippen molar-refractivity contribution in [3.8, 4) is 12.0 Å². The molecule has 0 unspecified atom stereocenters. The first kappa shape index (κ1) is 8.31. The second-order valence-corrected chi connectivity index (χ2v) is 3.28. The van der Waals surface area contributed by atoms with Gasteiger partial charge in [0.25, 0.3) is 0 Å². The van der Waals surface area contributed by atoms with Crippen molar-refractivity contribution in [1.82, 2.24) is 4.72 Å². The Morgan fingerprint density at radius 2 is 2.11 bits per heavy atom. The summed E-state index contributed by atoms with van der Waals surface area (Å²) in [5.41, 5.74) is 0. The first-order valence-electron chi connectivity index (χ1n) is 2.51. The van der Waals surface area contributed by atoms with Gasteiger partial charge in [-0.3, -0.25) is 0 Å². The number of rotatable bonds is 1. The molecule has 0 saturated carbocycles. The minimum absolute atomic E-state index is 0.655. The van der Waals surface area contributed by atoms with E-state index < -0.39 is 10.0 Å². The van der Waals surface area contributed by atoms with Crippen LogP contribution in [-0.4, -0.2) is 14.7 Å². The van der Waals surface area contributed by atoms with E-state index in [0.29, 0.717) is 6.42 Å². The highest BCUT2D eigenvalue weighted by Gasteiger charge is 1.91. The van der Waals surface area contributed by atoms with Crippen LogP contribution in [0.2, 0.25) is 0 Å². The van der Waals surface area contributed by atoms with Crippen LogP contribution in [0.25, 0.3) is 0 Å². The summed E-state index contributed by atoms with van der Waals surface area (Å²) in [5.74, 6) is 2.56. The molecule has 3 nitrogen and oxygen atoms in total. The van der Waals surface area contributed by atoms with Crippen LogP contribution in [0.15, 0.2) is 0 Å². The van der Waals surface area contributed by atoms with Crippen LogP contribution < -0.4 is 4.72 Å². The van der Waals surface area contributed by atoms with Crippen molar-refractivity contribution in [2.75, 3.05) is 6.26 Å². The Morgan fingerprint density at radius 1 is 1.56 bits per heavy atom. The summed E-state index contributed by atoms with van der Waals surface area (Å²) >= 11 is 0. The van der Waals surface area contributed by atoms with Crippen molar-refractivity contribution in [2.24, 2.45) is 0 Å². The predicted octanol–water partition coefficient (Wildman–Crippen LogP) is -0.0935. The van der Waals surface area contributed by atoms with Crippen LogP contribution in [0.4, 0.5) is 0 Å². The molecular weight excluding hydrogens is 138 g/mol. The molecule has 0 bridgehead atoms. The molecule has 4 heteroatoms. The summed E-state index contributed by atoms with van der Waals surface area (Å²) in [6.45, 7) is 1.84. The smallest absolute Gasteiger partial charge is 0.236 e. The van der Waals surface area contributed by atoms with Crippen molar-refractivity contribution in [3.63, 3.8) is 0 Å². The van der Waals surface area contributed by atoms with Gasteiger partial charge in [-0.2, -0.15) is 0 Å². The summed E-state index contributed by atoms with van der Waals surface area (Å²) in [6, 6.07) is 2.29. The highest BCUT2D eigenvalue weighted by Crippen LogP contribution is 1.69. The highest BCUT2D eigenvalue weighted by atomic mass is 32.2. The summed E-state index contributed by atoms with van der Waals surface area (Å²) in [4.78, 5) is 0. The highest BCUT2D eigenvalue weighted by molar-refractivity contribution is 7.88. The molecule has 0 heterocycles. The zero-order valence-corrected chi connectivity index (χ0v) is 6.25. The fourth-order valence-corrected chi connectivity index (χ4v) is 0.475. The van der Waals surface area contributed by atoms with E-state index in [4.69, 9.17) is 0 Å². The van der Waals surface area contributed by atoms with Gasteiger partial charge in [0.15, 0.2) is 0 Å². The molecule has 1 N–H and O–H groups in total. The molecule has 52 valence electrons. The van der Waals surface area contributed by atoms with Gasteiger partial charge in [0.2, 0.25) is 10.0 Å². The molecule has 0 atom stereocenters. The SMILES string of the molecule is CCC#CNS(C)(=O)=O. The van der Waals surface area contributed by atoms with Gasteiger partial charge < -0.3 is 0 Å². The fourth-order valence-electron chi connectivity index (χ4n) is 0.217. The lowest BCUT2D eigenvalue weighted by Gasteiger charge is -1.88. The normalized spacial score (nSPS) is 9.56. The van der Waals surface area contributed by atoms with Crippen molar-refractivity contribution in [3.05, 3.63) is 0 Å². The molecule has 0 fully saturated rings. The van der Waals surface area contributed by atoms with Crippen LogP contribution >= 0.6 is 0 Å². The van der Waals surface area contributed by atoms with Gasteiger partial charge in [-0.25, -0.2) is 13.1 Å². The quantitative estimate of drug-likeness (QED) is 0.416. The van der Waals surface area contributed by atoms with Gasteiger partial charge in [-0.15, -0.1) is 0 Å². The maximum absolute atomic E-state index is 10.3. The number of hydrogen-bond donors (Lipinski definition) is 1. The largest absolute Gasteiger partial charge is 0.242 e. The second kappa shape index (κ2) is 3.36. The topological polar surface area (TPSA) is 46.2 Å². The van der Waals surface area contributed by atoms with Crippen LogP contribution in [0.1, 0.15) is 13.3 Å². The molecule has 0 radical (unpaired) electrons. The third-order valence-electron chi connectivity index (χ3n) is 0.502. The van der Waals surface area contributed by atoms with E-state index in [0.717, 1.165) is 6.26 Å². The van der Waals surface area contributed by atoms with Crippen LogP contribution in [0.3, 0.4) is 0 Å². The Hall–Kier alpha value is -0.690. The molecule has 0 aromatic heterocycles. The van der Waals surface area contributed by atoms with E-state index in [-0.39, 0.29) is 0 Å². The van der Waals surface area contributed by atoms with Crippen molar-refractivity contribution < 1.29 is 8.42 Å². The van der Waals surface area contributed by atoms with Crippen LogP contribution in [0, 0.1) is 12.0 Å². The van der Waals surface area contributed by atoms with Gasteiger partial charge in [-0.05, 0) is 0 Å². The first-order valence-corrected chi connectivity index (χ1v) is 4.40. The summed E-state index contributed by atoms with van der Waals surface area (Å²) < 4.78 is 22.6. The van der Waals surface area contributed by atoms with Gasteiger partial charge in [0.1, 0.15) is 0 Å². The molecule has 0 aromatic carbocycles. The van der Waals surface area contributed by atoms with Crippen LogP contribution in [-0.2, 0) is 10.0 Å². The van der Waals surface area contributed by atoms with E-state index in [1.165, 1.54) is 0 Å². The maximum Gasteiger partial charge on any atom is 0.236 e. The second-order valence-electron chi connectivity index (χ2n) is 1.53. The third kappa shape index (κ3) is 7.31. The summed E-state index contributed by atoms with van der Waals surface area (Å²) in [7, 11) is -3.12.